The number of carbonyl (C=O) groups is 2. The fourth-order valence-electron chi connectivity index (χ4n) is 5.12. The minimum Gasteiger partial charge on any atom is -0.488 e. The Kier molecular flexibility index (Phi) is 8.65. The van der Waals surface area contributed by atoms with Crippen LogP contribution in [0, 0.1) is 17.1 Å². The number of hydrogen-bond acceptors (Lipinski definition) is 8. The highest BCUT2D eigenvalue weighted by Gasteiger charge is 2.33. The third-order valence-electron chi connectivity index (χ3n) is 7.47. The van der Waals surface area contributed by atoms with E-state index in [0.717, 1.165) is 6.42 Å². The van der Waals surface area contributed by atoms with Crippen LogP contribution in [0.5, 0.6) is 5.75 Å². The molecule has 43 heavy (non-hydrogen) atoms. The molecule has 0 radical (unpaired) electrons. The van der Waals surface area contributed by atoms with E-state index in [1.807, 2.05) is 6.07 Å². The number of sulfonamides is 1. The number of nitriles is 1. The van der Waals surface area contributed by atoms with E-state index in [1.54, 1.807) is 32.9 Å². The van der Waals surface area contributed by atoms with Crippen LogP contribution in [-0.4, -0.2) is 80.2 Å². The molecule has 3 aliphatic rings. The van der Waals surface area contributed by atoms with Crippen LogP contribution < -0.4 is 10.1 Å². The second-order valence-corrected chi connectivity index (χ2v) is 13.8. The van der Waals surface area contributed by atoms with Gasteiger partial charge in [-0.1, -0.05) is 6.07 Å². The smallest absolute Gasteiger partial charge is 0.410 e. The van der Waals surface area contributed by atoms with Gasteiger partial charge in [-0.3, -0.25) is 4.79 Å². The van der Waals surface area contributed by atoms with Gasteiger partial charge in [-0.25, -0.2) is 17.6 Å². The van der Waals surface area contributed by atoms with Crippen LogP contribution in [0.4, 0.5) is 9.18 Å². The fourth-order valence-corrected chi connectivity index (χ4v) is 6.68. The largest absolute Gasteiger partial charge is 0.488 e. The Morgan fingerprint density at radius 3 is 2.60 bits per heavy atom. The monoisotopic (exact) mass is 614 g/mol. The number of hydrogen-bond donors (Lipinski definition) is 1. The van der Waals surface area contributed by atoms with E-state index in [0.29, 0.717) is 48.5 Å². The lowest BCUT2D eigenvalue weighted by atomic mass is 9.94. The standard InChI is InChI=1S/C30H35FN4O7S/c1-30(2,3)42-29(37)34-8-5-11-40-27(17-34)28(36)33-21(16-32)12-19-14-26-24(15-25(19)31)23-7-6-22(13-20(23)18-41-26)43(38,39)35-9-4-10-35/h6-7,13-15,21,27H,4-5,8-12,17-18H2,1-3H3,(H,33,36)/t21?,27-/m0/s1. The molecule has 0 bridgehead atoms. The van der Waals surface area contributed by atoms with Crippen molar-refractivity contribution in [3.63, 3.8) is 0 Å². The molecule has 2 fully saturated rings. The number of halogens is 1. The van der Waals surface area contributed by atoms with E-state index in [9.17, 15) is 23.3 Å². The first-order valence-electron chi connectivity index (χ1n) is 14.2. The van der Waals surface area contributed by atoms with Gasteiger partial charge in [-0.05, 0) is 74.6 Å². The fraction of sp³-hybridized carbons (Fsp3) is 0.500. The highest BCUT2D eigenvalue weighted by Crippen LogP contribution is 2.40. The topological polar surface area (TPSA) is 138 Å². The van der Waals surface area contributed by atoms with E-state index >= 15 is 4.39 Å². The molecule has 5 rings (SSSR count). The van der Waals surface area contributed by atoms with Crippen molar-refractivity contribution >= 4 is 22.0 Å². The summed E-state index contributed by atoms with van der Waals surface area (Å²) >= 11 is 0. The summed E-state index contributed by atoms with van der Waals surface area (Å²) in [6.07, 6.45) is -0.357. The van der Waals surface area contributed by atoms with Gasteiger partial charge < -0.3 is 24.4 Å². The predicted octanol–water partition coefficient (Wildman–Crippen LogP) is 3.36. The van der Waals surface area contributed by atoms with Crippen molar-refractivity contribution in [2.24, 2.45) is 0 Å². The number of ether oxygens (including phenoxy) is 3. The molecule has 0 aromatic heterocycles. The Balaban J connectivity index is 1.28. The van der Waals surface area contributed by atoms with Crippen LogP contribution in [0.25, 0.3) is 11.1 Å². The first-order chi connectivity index (χ1) is 20.4. The molecule has 2 saturated heterocycles. The molecule has 3 heterocycles. The van der Waals surface area contributed by atoms with Gasteiger partial charge in [0.25, 0.3) is 5.91 Å². The van der Waals surface area contributed by atoms with Gasteiger partial charge in [0, 0.05) is 38.2 Å². The molecular formula is C30H35FN4O7S. The highest BCUT2D eigenvalue weighted by atomic mass is 32.2. The van der Waals surface area contributed by atoms with Crippen LogP contribution in [0.2, 0.25) is 0 Å². The lowest BCUT2D eigenvalue weighted by Crippen LogP contribution is -2.48. The molecule has 3 aliphatic heterocycles. The molecule has 1 unspecified atom stereocenters. The van der Waals surface area contributed by atoms with Gasteiger partial charge in [-0.2, -0.15) is 9.57 Å². The first kappa shape index (κ1) is 30.7. The molecule has 2 atom stereocenters. The number of rotatable bonds is 6. The van der Waals surface area contributed by atoms with Crippen molar-refractivity contribution in [2.45, 2.75) is 69.3 Å². The number of fused-ring (bicyclic) bond motifs is 3. The highest BCUT2D eigenvalue weighted by molar-refractivity contribution is 7.89. The van der Waals surface area contributed by atoms with E-state index in [4.69, 9.17) is 14.2 Å². The summed E-state index contributed by atoms with van der Waals surface area (Å²) in [5.74, 6) is -0.788. The quantitative estimate of drug-likeness (QED) is 0.523. The zero-order chi connectivity index (χ0) is 30.9. The normalized spacial score (nSPS) is 19.4. The number of nitrogens with one attached hydrogen (secondary N) is 1. The van der Waals surface area contributed by atoms with E-state index in [2.05, 4.69) is 5.32 Å². The van der Waals surface area contributed by atoms with Crippen molar-refractivity contribution in [1.29, 1.82) is 5.26 Å². The van der Waals surface area contributed by atoms with Crippen LogP contribution in [-0.2, 0) is 37.3 Å². The molecule has 230 valence electrons. The van der Waals surface area contributed by atoms with Crippen LogP contribution in [0.3, 0.4) is 0 Å². The molecule has 11 nitrogen and oxygen atoms in total. The Morgan fingerprint density at radius 1 is 1.16 bits per heavy atom. The zero-order valence-electron chi connectivity index (χ0n) is 24.4. The minimum atomic E-state index is -3.58. The first-order valence-corrected chi connectivity index (χ1v) is 15.7. The lowest BCUT2D eigenvalue weighted by Gasteiger charge is -2.30. The molecule has 13 heteroatoms. The Labute approximate surface area is 250 Å². The van der Waals surface area contributed by atoms with Crippen LogP contribution in [0.15, 0.2) is 35.2 Å². The van der Waals surface area contributed by atoms with Crippen molar-refractivity contribution in [3.8, 4) is 22.9 Å². The molecular weight excluding hydrogens is 579 g/mol. The second-order valence-electron chi connectivity index (χ2n) is 11.8. The molecule has 2 amide bonds. The summed E-state index contributed by atoms with van der Waals surface area (Å²) in [5.41, 5.74) is 1.24. The third kappa shape index (κ3) is 6.76. The summed E-state index contributed by atoms with van der Waals surface area (Å²) in [6, 6.07) is 8.48. The molecule has 0 saturated carbocycles. The number of carbonyl (C=O) groups excluding carboxylic acids is 2. The van der Waals surface area contributed by atoms with Crippen molar-refractivity contribution in [1.82, 2.24) is 14.5 Å². The Morgan fingerprint density at radius 2 is 1.93 bits per heavy atom. The maximum Gasteiger partial charge on any atom is 0.410 e. The van der Waals surface area contributed by atoms with Crippen molar-refractivity contribution < 1.29 is 36.6 Å². The SMILES string of the molecule is CC(C)(C)OC(=O)N1CCCO[C@H](C(=O)NC(C#N)Cc2cc3c(cc2F)-c2ccc(S(=O)(=O)N4CCC4)cc2CO3)C1. The second kappa shape index (κ2) is 12.1. The Bertz CT molecular complexity index is 1560. The van der Waals surface area contributed by atoms with Gasteiger partial charge in [0.15, 0.2) is 6.10 Å². The molecule has 2 aromatic carbocycles. The molecule has 0 aliphatic carbocycles. The summed E-state index contributed by atoms with van der Waals surface area (Å²) in [4.78, 5) is 27.2. The number of amides is 2. The summed E-state index contributed by atoms with van der Waals surface area (Å²) in [5, 5.41) is 12.4. The van der Waals surface area contributed by atoms with Crippen molar-refractivity contribution in [2.75, 3.05) is 32.8 Å². The molecule has 2 aromatic rings. The maximum absolute atomic E-state index is 15.4. The summed E-state index contributed by atoms with van der Waals surface area (Å²) < 4.78 is 59.3. The lowest BCUT2D eigenvalue weighted by molar-refractivity contribution is -0.133. The predicted molar refractivity (Wildman–Crippen MR) is 153 cm³/mol. The average Bonchev–Trinajstić information content (AvgIpc) is 3.17. The molecule has 0 spiro atoms. The van der Waals surface area contributed by atoms with E-state index < -0.39 is 45.6 Å². The van der Waals surface area contributed by atoms with Crippen molar-refractivity contribution in [3.05, 3.63) is 47.3 Å². The van der Waals surface area contributed by atoms with Gasteiger partial charge in [-0.15, -0.1) is 0 Å². The van der Waals surface area contributed by atoms with E-state index in [-0.39, 0.29) is 36.6 Å². The van der Waals surface area contributed by atoms with Crippen LogP contribution >= 0.6 is 0 Å². The van der Waals surface area contributed by atoms with Gasteiger partial charge in [0.1, 0.15) is 29.8 Å². The summed E-state index contributed by atoms with van der Waals surface area (Å²) in [7, 11) is -3.58. The van der Waals surface area contributed by atoms with E-state index in [1.165, 1.54) is 27.4 Å². The average molecular weight is 615 g/mol. The molecule has 1 N–H and O–H groups in total. The van der Waals surface area contributed by atoms with Gasteiger partial charge in [0.2, 0.25) is 10.0 Å². The van der Waals surface area contributed by atoms with Gasteiger partial charge in [0.05, 0.1) is 17.5 Å². The zero-order valence-corrected chi connectivity index (χ0v) is 25.2. The van der Waals surface area contributed by atoms with Crippen LogP contribution in [0.1, 0.15) is 44.7 Å². The van der Waals surface area contributed by atoms with Gasteiger partial charge >= 0.3 is 6.09 Å². The number of nitrogens with zero attached hydrogens (tertiary/aromatic N) is 3. The third-order valence-corrected chi connectivity index (χ3v) is 9.36. The Hall–Kier alpha value is -3.73. The minimum absolute atomic E-state index is 0.0413. The number of benzene rings is 2. The summed E-state index contributed by atoms with van der Waals surface area (Å²) in [6.45, 7) is 6.91. The maximum atomic E-state index is 15.4.